The molecule has 2 aromatic carbocycles. The Hall–Kier alpha value is -1.70. The molecule has 0 radical (unpaired) electrons. The van der Waals surface area contributed by atoms with E-state index in [0.29, 0.717) is 11.7 Å². The van der Waals surface area contributed by atoms with Gasteiger partial charge in [-0.2, -0.15) is 0 Å². The maximum Gasteiger partial charge on any atom is 0.165 e. The summed E-state index contributed by atoms with van der Waals surface area (Å²) in [5, 5.41) is 12.1. The van der Waals surface area contributed by atoms with E-state index >= 15 is 0 Å². The molecule has 0 aliphatic heterocycles. The van der Waals surface area contributed by atoms with Crippen molar-refractivity contribution in [3.8, 4) is 11.5 Å². The van der Waals surface area contributed by atoms with Crippen molar-refractivity contribution < 1.29 is 9.84 Å². The molecule has 16 heavy (non-hydrogen) atoms. The first-order valence-electron chi connectivity index (χ1n) is 5.43. The molecule has 0 aliphatic carbocycles. The Bertz CT molecular complexity index is 515. The zero-order valence-corrected chi connectivity index (χ0v) is 9.82. The SMILES string of the molecule is COc1ccc2cccc(C(C)C)c2c1O. The number of rotatable bonds is 2. The third-order valence-corrected chi connectivity index (χ3v) is 2.86. The molecule has 0 amide bonds. The van der Waals surface area contributed by atoms with Gasteiger partial charge in [0.15, 0.2) is 11.5 Å². The number of methoxy groups -OCH3 is 1. The van der Waals surface area contributed by atoms with Crippen LogP contribution in [-0.4, -0.2) is 12.2 Å². The van der Waals surface area contributed by atoms with Crippen molar-refractivity contribution in [1.29, 1.82) is 0 Å². The number of aromatic hydroxyl groups is 1. The zero-order valence-electron chi connectivity index (χ0n) is 9.82. The lowest BCUT2D eigenvalue weighted by atomic mass is 9.95. The van der Waals surface area contributed by atoms with Gasteiger partial charge in [-0.1, -0.05) is 38.1 Å². The fourth-order valence-electron chi connectivity index (χ4n) is 2.01. The third kappa shape index (κ3) is 1.60. The molecule has 0 unspecified atom stereocenters. The van der Waals surface area contributed by atoms with Crippen molar-refractivity contribution in [3.63, 3.8) is 0 Å². The minimum absolute atomic E-state index is 0.240. The summed E-state index contributed by atoms with van der Waals surface area (Å²) < 4.78 is 5.14. The summed E-state index contributed by atoms with van der Waals surface area (Å²) >= 11 is 0. The van der Waals surface area contributed by atoms with Gasteiger partial charge in [-0.3, -0.25) is 0 Å². The average molecular weight is 216 g/mol. The first kappa shape index (κ1) is 10.8. The van der Waals surface area contributed by atoms with Crippen LogP contribution in [0.15, 0.2) is 30.3 Å². The maximum absolute atomic E-state index is 10.2. The highest BCUT2D eigenvalue weighted by molar-refractivity contribution is 5.93. The largest absolute Gasteiger partial charge is 0.504 e. The van der Waals surface area contributed by atoms with Crippen molar-refractivity contribution in [3.05, 3.63) is 35.9 Å². The Kier molecular flexibility index (Phi) is 2.73. The Morgan fingerprint density at radius 2 is 1.88 bits per heavy atom. The summed E-state index contributed by atoms with van der Waals surface area (Å²) in [6.45, 7) is 4.24. The molecule has 1 N–H and O–H groups in total. The van der Waals surface area contributed by atoms with Crippen LogP contribution in [0.4, 0.5) is 0 Å². The number of phenolic OH excluding ortho intramolecular Hbond substituents is 1. The predicted octanol–water partition coefficient (Wildman–Crippen LogP) is 3.68. The third-order valence-electron chi connectivity index (χ3n) is 2.86. The second-order valence-corrected chi connectivity index (χ2v) is 4.22. The van der Waals surface area contributed by atoms with Crippen molar-refractivity contribution in [1.82, 2.24) is 0 Å². The number of fused-ring (bicyclic) bond motifs is 1. The smallest absolute Gasteiger partial charge is 0.165 e. The van der Waals surface area contributed by atoms with Crippen LogP contribution in [0.3, 0.4) is 0 Å². The fraction of sp³-hybridized carbons (Fsp3) is 0.286. The van der Waals surface area contributed by atoms with Crippen LogP contribution >= 0.6 is 0 Å². The predicted molar refractivity (Wildman–Crippen MR) is 66.3 cm³/mol. The molecule has 2 rings (SSSR count). The van der Waals surface area contributed by atoms with Gasteiger partial charge in [0, 0.05) is 5.39 Å². The number of benzene rings is 2. The minimum Gasteiger partial charge on any atom is -0.504 e. The molecule has 0 saturated heterocycles. The lowest BCUT2D eigenvalue weighted by molar-refractivity contribution is 0.376. The topological polar surface area (TPSA) is 29.5 Å². The van der Waals surface area contributed by atoms with Gasteiger partial charge in [0.05, 0.1) is 7.11 Å². The second kappa shape index (κ2) is 4.05. The molecule has 0 aromatic heterocycles. The van der Waals surface area contributed by atoms with Gasteiger partial charge in [-0.15, -0.1) is 0 Å². The molecular formula is C14H16O2. The first-order chi connectivity index (χ1) is 7.65. The molecule has 0 spiro atoms. The summed E-state index contributed by atoms with van der Waals surface area (Å²) in [4.78, 5) is 0. The molecule has 0 bridgehead atoms. The van der Waals surface area contributed by atoms with E-state index < -0.39 is 0 Å². The Morgan fingerprint density at radius 3 is 2.50 bits per heavy atom. The van der Waals surface area contributed by atoms with E-state index in [-0.39, 0.29) is 5.75 Å². The first-order valence-corrected chi connectivity index (χ1v) is 5.43. The normalized spacial score (nSPS) is 11.0. The lowest BCUT2D eigenvalue weighted by Gasteiger charge is -2.13. The monoisotopic (exact) mass is 216 g/mol. The molecule has 2 heteroatoms. The van der Waals surface area contributed by atoms with Crippen LogP contribution < -0.4 is 4.74 Å². The molecule has 0 aliphatic rings. The fourth-order valence-corrected chi connectivity index (χ4v) is 2.01. The molecule has 84 valence electrons. The van der Waals surface area contributed by atoms with Crippen LogP contribution in [0.25, 0.3) is 10.8 Å². The van der Waals surface area contributed by atoms with Gasteiger partial charge in [0.1, 0.15) is 0 Å². The lowest BCUT2D eigenvalue weighted by Crippen LogP contribution is -1.91. The molecule has 0 saturated carbocycles. The highest BCUT2D eigenvalue weighted by Gasteiger charge is 2.12. The van der Waals surface area contributed by atoms with Crippen LogP contribution in [0, 0.1) is 0 Å². The van der Waals surface area contributed by atoms with Crippen molar-refractivity contribution in [2.24, 2.45) is 0 Å². The van der Waals surface area contributed by atoms with Crippen LogP contribution in [-0.2, 0) is 0 Å². The molecule has 2 aromatic rings. The standard InChI is InChI=1S/C14H16O2/c1-9(2)11-6-4-5-10-7-8-12(16-3)14(15)13(10)11/h4-9,15H,1-3H3. The molecule has 0 atom stereocenters. The maximum atomic E-state index is 10.2. The summed E-state index contributed by atoms with van der Waals surface area (Å²) in [5.41, 5.74) is 1.15. The quantitative estimate of drug-likeness (QED) is 0.829. The van der Waals surface area contributed by atoms with Crippen molar-refractivity contribution in [2.45, 2.75) is 19.8 Å². The zero-order chi connectivity index (χ0) is 11.7. The highest BCUT2D eigenvalue weighted by Crippen LogP contribution is 2.38. The van der Waals surface area contributed by atoms with Crippen LogP contribution in [0.5, 0.6) is 11.5 Å². The van der Waals surface area contributed by atoms with E-state index in [1.165, 1.54) is 0 Å². The van der Waals surface area contributed by atoms with Gasteiger partial charge in [0.25, 0.3) is 0 Å². The Balaban J connectivity index is 2.83. The van der Waals surface area contributed by atoms with E-state index in [2.05, 4.69) is 13.8 Å². The number of hydrogen-bond donors (Lipinski definition) is 1. The Labute approximate surface area is 95.5 Å². The number of ether oxygens (including phenoxy) is 1. The second-order valence-electron chi connectivity index (χ2n) is 4.22. The van der Waals surface area contributed by atoms with Crippen molar-refractivity contribution in [2.75, 3.05) is 7.11 Å². The van der Waals surface area contributed by atoms with E-state index in [1.807, 2.05) is 24.3 Å². The van der Waals surface area contributed by atoms with Crippen LogP contribution in [0.2, 0.25) is 0 Å². The van der Waals surface area contributed by atoms with E-state index in [4.69, 9.17) is 4.74 Å². The Morgan fingerprint density at radius 1 is 1.12 bits per heavy atom. The highest BCUT2D eigenvalue weighted by atomic mass is 16.5. The summed E-state index contributed by atoms with van der Waals surface area (Å²) in [5.74, 6) is 1.15. The number of hydrogen-bond acceptors (Lipinski definition) is 2. The molecular weight excluding hydrogens is 200 g/mol. The summed E-state index contributed by atoms with van der Waals surface area (Å²) in [6, 6.07) is 9.83. The van der Waals surface area contributed by atoms with E-state index in [9.17, 15) is 5.11 Å². The molecule has 2 nitrogen and oxygen atoms in total. The van der Waals surface area contributed by atoms with Gasteiger partial charge >= 0.3 is 0 Å². The molecule has 0 fully saturated rings. The summed E-state index contributed by atoms with van der Waals surface area (Å²) in [6.07, 6.45) is 0. The van der Waals surface area contributed by atoms with Gasteiger partial charge in [-0.05, 0) is 22.9 Å². The van der Waals surface area contributed by atoms with Gasteiger partial charge < -0.3 is 9.84 Å². The van der Waals surface area contributed by atoms with Crippen molar-refractivity contribution >= 4 is 10.8 Å². The molecule has 0 heterocycles. The van der Waals surface area contributed by atoms with Gasteiger partial charge in [0.2, 0.25) is 0 Å². The van der Waals surface area contributed by atoms with Crippen LogP contribution in [0.1, 0.15) is 25.3 Å². The van der Waals surface area contributed by atoms with E-state index in [1.54, 1.807) is 13.2 Å². The average Bonchev–Trinajstić information content (AvgIpc) is 2.29. The number of phenols is 1. The van der Waals surface area contributed by atoms with Gasteiger partial charge in [-0.25, -0.2) is 0 Å². The van der Waals surface area contributed by atoms with E-state index in [0.717, 1.165) is 16.3 Å². The minimum atomic E-state index is 0.240. The summed E-state index contributed by atoms with van der Waals surface area (Å²) in [7, 11) is 1.57.